The molecule has 0 aliphatic rings. The zero-order valence-corrected chi connectivity index (χ0v) is 12.0. The highest BCUT2D eigenvalue weighted by atomic mass is 35.5. The van der Waals surface area contributed by atoms with Crippen LogP contribution in [0.5, 0.6) is 0 Å². The first-order valence-corrected chi connectivity index (χ1v) is 6.41. The van der Waals surface area contributed by atoms with E-state index in [2.05, 4.69) is 10.6 Å². The van der Waals surface area contributed by atoms with E-state index in [1.54, 1.807) is 7.11 Å². The number of carboxylic acids is 1. The van der Waals surface area contributed by atoms with Gasteiger partial charge in [-0.2, -0.15) is 0 Å². The lowest BCUT2D eigenvalue weighted by molar-refractivity contribution is 0.0697. The Labute approximate surface area is 122 Å². The van der Waals surface area contributed by atoms with Gasteiger partial charge in [-0.15, -0.1) is 0 Å². The SMILES string of the molecule is COCCC(C)NC(=O)Nc1ccc(Cl)c(C(=O)O)c1. The van der Waals surface area contributed by atoms with Gasteiger partial charge >= 0.3 is 12.0 Å². The van der Waals surface area contributed by atoms with Crippen LogP contribution in [0.1, 0.15) is 23.7 Å². The van der Waals surface area contributed by atoms with Crippen molar-refractivity contribution >= 4 is 29.3 Å². The number of hydrogen-bond donors (Lipinski definition) is 3. The third-order valence-electron chi connectivity index (χ3n) is 2.59. The highest BCUT2D eigenvalue weighted by Crippen LogP contribution is 2.20. The lowest BCUT2D eigenvalue weighted by Gasteiger charge is -2.14. The van der Waals surface area contributed by atoms with E-state index in [9.17, 15) is 9.59 Å². The molecule has 20 heavy (non-hydrogen) atoms. The van der Waals surface area contributed by atoms with Crippen molar-refractivity contribution in [3.05, 3.63) is 28.8 Å². The molecule has 7 heteroatoms. The van der Waals surface area contributed by atoms with Crippen LogP contribution in [0.3, 0.4) is 0 Å². The maximum absolute atomic E-state index is 11.7. The summed E-state index contributed by atoms with van der Waals surface area (Å²) in [5, 5.41) is 14.3. The predicted molar refractivity (Wildman–Crippen MR) is 76.5 cm³/mol. The highest BCUT2D eigenvalue weighted by Gasteiger charge is 2.12. The first-order valence-electron chi connectivity index (χ1n) is 6.03. The van der Waals surface area contributed by atoms with Gasteiger partial charge < -0.3 is 20.5 Å². The number of amides is 2. The normalized spacial score (nSPS) is 11.8. The van der Waals surface area contributed by atoms with Gasteiger partial charge in [-0.05, 0) is 31.5 Å². The Balaban J connectivity index is 2.62. The molecular weight excluding hydrogens is 284 g/mol. The number of nitrogens with one attached hydrogen (secondary N) is 2. The van der Waals surface area contributed by atoms with Gasteiger partial charge in [-0.1, -0.05) is 11.6 Å². The molecule has 1 atom stereocenters. The van der Waals surface area contributed by atoms with E-state index in [1.807, 2.05) is 6.92 Å². The van der Waals surface area contributed by atoms with E-state index in [-0.39, 0.29) is 16.6 Å². The number of methoxy groups -OCH3 is 1. The fraction of sp³-hybridized carbons (Fsp3) is 0.385. The molecule has 0 fully saturated rings. The molecule has 2 amide bonds. The molecule has 0 heterocycles. The Hall–Kier alpha value is -1.79. The van der Waals surface area contributed by atoms with E-state index in [0.29, 0.717) is 18.7 Å². The van der Waals surface area contributed by atoms with Gasteiger partial charge in [0.2, 0.25) is 0 Å². The topological polar surface area (TPSA) is 87.7 Å². The summed E-state index contributed by atoms with van der Waals surface area (Å²) in [4.78, 5) is 22.6. The number of urea groups is 1. The summed E-state index contributed by atoms with van der Waals surface area (Å²) in [6, 6.07) is 3.81. The van der Waals surface area contributed by atoms with Crippen molar-refractivity contribution in [2.45, 2.75) is 19.4 Å². The maximum Gasteiger partial charge on any atom is 0.337 e. The molecule has 1 aromatic rings. The van der Waals surface area contributed by atoms with Crippen LogP contribution in [-0.4, -0.2) is 36.9 Å². The molecule has 0 aliphatic carbocycles. The van der Waals surface area contributed by atoms with Crippen LogP contribution < -0.4 is 10.6 Å². The summed E-state index contributed by atoms with van der Waals surface area (Å²) >= 11 is 5.75. The van der Waals surface area contributed by atoms with Crippen LogP contribution in [0.2, 0.25) is 5.02 Å². The van der Waals surface area contributed by atoms with Crippen molar-refractivity contribution in [2.75, 3.05) is 19.0 Å². The molecule has 0 saturated heterocycles. The number of carbonyl (C=O) groups is 2. The zero-order chi connectivity index (χ0) is 15.1. The fourth-order valence-electron chi connectivity index (χ4n) is 1.52. The molecule has 0 saturated carbocycles. The molecular formula is C13H17ClN2O4. The summed E-state index contributed by atoms with van der Waals surface area (Å²) in [7, 11) is 1.59. The van der Waals surface area contributed by atoms with Crippen LogP contribution in [0.15, 0.2) is 18.2 Å². The van der Waals surface area contributed by atoms with Gasteiger partial charge in [0.05, 0.1) is 10.6 Å². The van der Waals surface area contributed by atoms with Gasteiger partial charge in [0.15, 0.2) is 0 Å². The van der Waals surface area contributed by atoms with Crippen LogP contribution in [-0.2, 0) is 4.74 Å². The predicted octanol–water partition coefficient (Wildman–Crippen LogP) is 2.58. The molecule has 1 rings (SSSR count). The van der Waals surface area contributed by atoms with E-state index in [0.717, 1.165) is 0 Å². The van der Waals surface area contributed by atoms with Gasteiger partial charge in [0.1, 0.15) is 0 Å². The van der Waals surface area contributed by atoms with Crippen molar-refractivity contribution < 1.29 is 19.4 Å². The lowest BCUT2D eigenvalue weighted by Crippen LogP contribution is -2.36. The van der Waals surface area contributed by atoms with Crippen LogP contribution in [0.4, 0.5) is 10.5 Å². The summed E-state index contributed by atoms with van der Waals surface area (Å²) in [6.07, 6.45) is 0.685. The Bertz CT molecular complexity index is 493. The minimum Gasteiger partial charge on any atom is -0.478 e. The molecule has 110 valence electrons. The van der Waals surface area contributed by atoms with Crippen LogP contribution >= 0.6 is 11.6 Å². The standard InChI is InChI=1S/C13H17ClN2O4/c1-8(5-6-20-2)15-13(19)16-9-3-4-11(14)10(7-9)12(17)18/h3-4,7-8H,5-6H2,1-2H3,(H,17,18)(H2,15,16,19). The fourth-order valence-corrected chi connectivity index (χ4v) is 1.72. The molecule has 1 unspecified atom stereocenters. The Kier molecular flexibility index (Phi) is 6.27. The first kappa shape index (κ1) is 16.3. The number of carbonyl (C=O) groups excluding carboxylic acids is 1. The van der Waals surface area contributed by atoms with Gasteiger partial charge in [0, 0.05) is 25.4 Å². The van der Waals surface area contributed by atoms with Crippen molar-refractivity contribution in [2.24, 2.45) is 0 Å². The third-order valence-corrected chi connectivity index (χ3v) is 2.92. The monoisotopic (exact) mass is 300 g/mol. The van der Waals surface area contributed by atoms with Crippen LogP contribution in [0.25, 0.3) is 0 Å². The number of rotatable bonds is 6. The molecule has 6 nitrogen and oxygen atoms in total. The average molecular weight is 301 g/mol. The Morgan fingerprint density at radius 2 is 2.15 bits per heavy atom. The second kappa shape index (κ2) is 7.72. The number of carboxylic acid groups (broad SMARTS) is 1. The Morgan fingerprint density at radius 1 is 1.45 bits per heavy atom. The summed E-state index contributed by atoms with van der Waals surface area (Å²) in [6.45, 7) is 2.40. The van der Waals surface area contributed by atoms with E-state index in [1.165, 1.54) is 18.2 Å². The van der Waals surface area contributed by atoms with E-state index in [4.69, 9.17) is 21.4 Å². The van der Waals surface area contributed by atoms with E-state index < -0.39 is 12.0 Å². The van der Waals surface area contributed by atoms with Crippen molar-refractivity contribution in [3.63, 3.8) is 0 Å². The molecule has 0 aliphatic heterocycles. The zero-order valence-electron chi connectivity index (χ0n) is 11.3. The summed E-state index contributed by atoms with van der Waals surface area (Å²) < 4.78 is 4.92. The maximum atomic E-state index is 11.7. The number of hydrogen-bond acceptors (Lipinski definition) is 3. The second-order valence-electron chi connectivity index (χ2n) is 4.28. The molecule has 1 aromatic carbocycles. The average Bonchev–Trinajstić information content (AvgIpc) is 2.38. The summed E-state index contributed by atoms with van der Waals surface area (Å²) in [5.74, 6) is -1.15. The number of aromatic carboxylic acids is 1. The minimum absolute atomic E-state index is 0.0544. The second-order valence-corrected chi connectivity index (χ2v) is 4.69. The highest BCUT2D eigenvalue weighted by molar-refractivity contribution is 6.33. The molecule has 0 radical (unpaired) electrons. The third kappa shape index (κ3) is 5.07. The first-order chi connectivity index (χ1) is 9.43. The molecule has 0 aromatic heterocycles. The molecule has 3 N–H and O–H groups in total. The minimum atomic E-state index is -1.15. The molecule has 0 spiro atoms. The van der Waals surface area contributed by atoms with Crippen LogP contribution in [0, 0.1) is 0 Å². The largest absolute Gasteiger partial charge is 0.478 e. The molecule has 0 bridgehead atoms. The van der Waals surface area contributed by atoms with Gasteiger partial charge in [-0.25, -0.2) is 9.59 Å². The number of ether oxygens (including phenoxy) is 1. The summed E-state index contributed by atoms with van der Waals surface area (Å²) in [5.41, 5.74) is 0.306. The number of halogens is 1. The van der Waals surface area contributed by atoms with E-state index >= 15 is 0 Å². The van der Waals surface area contributed by atoms with Gasteiger partial charge in [0.25, 0.3) is 0 Å². The van der Waals surface area contributed by atoms with Crippen molar-refractivity contribution in [1.29, 1.82) is 0 Å². The van der Waals surface area contributed by atoms with Crippen molar-refractivity contribution in [1.82, 2.24) is 5.32 Å². The van der Waals surface area contributed by atoms with Gasteiger partial charge in [-0.3, -0.25) is 0 Å². The lowest BCUT2D eigenvalue weighted by atomic mass is 10.2. The Morgan fingerprint density at radius 3 is 2.75 bits per heavy atom. The number of anilines is 1. The van der Waals surface area contributed by atoms with Crippen molar-refractivity contribution in [3.8, 4) is 0 Å². The smallest absolute Gasteiger partial charge is 0.337 e. The quantitative estimate of drug-likeness (QED) is 0.753. The number of benzene rings is 1.